The minimum atomic E-state index is -0.315. The Morgan fingerprint density at radius 3 is 2.67 bits per heavy atom. The van der Waals surface area contributed by atoms with Crippen LogP contribution in [0.15, 0.2) is 12.1 Å². The molecule has 0 radical (unpaired) electrons. The topological polar surface area (TPSA) is 21.3 Å². The van der Waals surface area contributed by atoms with Crippen LogP contribution in [0.1, 0.15) is 0 Å². The summed E-state index contributed by atoms with van der Waals surface area (Å²) < 4.78 is 18.7. The largest absolute Gasteiger partial charge is 0.492 e. The first-order valence-electron chi connectivity index (χ1n) is 3.40. The zero-order chi connectivity index (χ0) is 9.14. The van der Waals surface area contributed by atoms with Crippen molar-refractivity contribution in [2.24, 2.45) is 0 Å². The zero-order valence-electron chi connectivity index (χ0n) is 6.82. The molecule has 1 aromatic rings. The second-order valence-electron chi connectivity index (χ2n) is 2.19. The smallest absolute Gasteiger partial charge is 0.180 e. The summed E-state index contributed by atoms with van der Waals surface area (Å²) in [7, 11) is 3.18. The molecule has 0 atom stereocenters. The summed E-state index contributed by atoms with van der Waals surface area (Å²) in [6, 6.07) is 3.48. The SMILES string of the molecule is CNc1ccc(I)c(F)c1OC. The van der Waals surface area contributed by atoms with Crippen molar-refractivity contribution >= 4 is 28.3 Å². The van der Waals surface area contributed by atoms with E-state index in [2.05, 4.69) is 5.32 Å². The number of benzene rings is 1. The predicted molar refractivity (Wildman–Crippen MR) is 55.2 cm³/mol. The van der Waals surface area contributed by atoms with E-state index in [4.69, 9.17) is 4.74 Å². The van der Waals surface area contributed by atoms with Crippen molar-refractivity contribution in [2.75, 3.05) is 19.5 Å². The molecular weight excluding hydrogens is 272 g/mol. The van der Waals surface area contributed by atoms with E-state index in [9.17, 15) is 4.39 Å². The van der Waals surface area contributed by atoms with E-state index >= 15 is 0 Å². The van der Waals surface area contributed by atoms with Crippen LogP contribution in [-0.2, 0) is 0 Å². The van der Waals surface area contributed by atoms with Crippen LogP contribution in [0.2, 0.25) is 0 Å². The lowest BCUT2D eigenvalue weighted by Crippen LogP contribution is -1.97. The molecule has 0 bridgehead atoms. The van der Waals surface area contributed by atoms with E-state index in [0.717, 1.165) is 0 Å². The molecule has 2 nitrogen and oxygen atoms in total. The van der Waals surface area contributed by atoms with Gasteiger partial charge in [-0.25, -0.2) is 4.39 Å². The van der Waals surface area contributed by atoms with Crippen LogP contribution in [0, 0.1) is 9.39 Å². The Balaban J connectivity index is 3.25. The van der Waals surface area contributed by atoms with Gasteiger partial charge in [0.05, 0.1) is 16.4 Å². The quantitative estimate of drug-likeness (QED) is 0.841. The molecule has 0 aromatic heterocycles. The fourth-order valence-electron chi connectivity index (χ4n) is 0.928. The highest BCUT2D eigenvalue weighted by Crippen LogP contribution is 2.30. The molecule has 0 aliphatic carbocycles. The van der Waals surface area contributed by atoms with Gasteiger partial charge in [-0.15, -0.1) is 0 Å². The van der Waals surface area contributed by atoms with Crippen LogP contribution in [0.25, 0.3) is 0 Å². The van der Waals surface area contributed by atoms with Gasteiger partial charge in [0.15, 0.2) is 11.6 Å². The minimum Gasteiger partial charge on any atom is -0.492 e. The Morgan fingerprint density at radius 2 is 2.17 bits per heavy atom. The molecule has 0 aliphatic rings. The molecule has 0 amide bonds. The van der Waals surface area contributed by atoms with Gasteiger partial charge in [0, 0.05) is 7.05 Å². The summed E-state index contributed by atoms with van der Waals surface area (Å²) in [5.74, 6) is -0.0469. The van der Waals surface area contributed by atoms with Gasteiger partial charge in [-0.1, -0.05) is 0 Å². The summed E-state index contributed by atoms with van der Waals surface area (Å²) in [4.78, 5) is 0. The third-order valence-corrected chi connectivity index (χ3v) is 2.36. The molecule has 1 rings (SSSR count). The Morgan fingerprint density at radius 1 is 1.50 bits per heavy atom. The number of ether oxygens (including phenoxy) is 1. The van der Waals surface area contributed by atoms with Crippen molar-refractivity contribution in [2.45, 2.75) is 0 Å². The van der Waals surface area contributed by atoms with E-state index in [0.29, 0.717) is 9.26 Å². The molecule has 0 heterocycles. The first-order valence-corrected chi connectivity index (χ1v) is 4.48. The van der Waals surface area contributed by atoms with Gasteiger partial charge in [-0.3, -0.25) is 0 Å². The molecule has 0 saturated heterocycles. The van der Waals surface area contributed by atoms with E-state index in [1.807, 2.05) is 22.6 Å². The van der Waals surface area contributed by atoms with E-state index in [1.165, 1.54) is 7.11 Å². The number of hydrogen-bond acceptors (Lipinski definition) is 2. The monoisotopic (exact) mass is 281 g/mol. The Bertz CT molecular complexity index is 291. The van der Waals surface area contributed by atoms with E-state index in [-0.39, 0.29) is 11.6 Å². The molecule has 66 valence electrons. The van der Waals surface area contributed by atoms with Crippen LogP contribution in [-0.4, -0.2) is 14.2 Å². The average molecular weight is 281 g/mol. The van der Waals surface area contributed by atoms with E-state index in [1.54, 1.807) is 19.2 Å². The third-order valence-electron chi connectivity index (χ3n) is 1.52. The summed E-state index contributed by atoms with van der Waals surface area (Å²) in [5, 5.41) is 2.85. The molecule has 0 fully saturated rings. The second kappa shape index (κ2) is 3.93. The highest BCUT2D eigenvalue weighted by Gasteiger charge is 2.10. The maximum absolute atomic E-state index is 13.3. The summed E-state index contributed by atoms with van der Waals surface area (Å²) in [6.07, 6.45) is 0. The van der Waals surface area contributed by atoms with Crippen LogP contribution >= 0.6 is 22.6 Å². The highest BCUT2D eigenvalue weighted by molar-refractivity contribution is 14.1. The predicted octanol–water partition coefficient (Wildman–Crippen LogP) is 2.48. The zero-order valence-corrected chi connectivity index (χ0v) is 8.98. The van der Waals surface area contributed by atoms with Gasteiger partial charge in [0.2, 0.25) is 0 Å². The van der Waals surface area contributed by atoms with Crippen molar-refractivity contribution in [1.82, 2.24) is 0 Å². The molecule has 0 unspecified atom stereocenters. The van der Waals surface area contributed by atoms with Crippen molar-refractivity contribution < 1.29 is 9.13 Å². The number of hydrogen-bond donors (Lipinski definition) is 1. The van der Waals surface area contributed by atoms with Crippen molar-refractivity contribution in [3.05, 3.63) is 21.5 Å². The first kappa shape index (κ1) is 9.57. The number of halogens is 2. The van der Waals surface area contributed by atoms with Gasteiger partial charge in [0.25, 0.3) is 0 Å². The lowest BCUT2D eigenvalue weighted by atomic mass is 10.3. The van der Waals surface area contributed by atoms with Gasteiger partial charge >= 0.3 is 0 Å². The van der Waals surface area contributed by atoms with Gasteiger partial charge in [-0.2, -0.15) is 0 Å². The normalized spacial score (nSPS) is 9.67. The summed E-state index contributed by atoms with van der Waals surface area (Å²) in [5.41, 5.74) is 0.662. The molecule has 0 aliphatic heterocycles. The maximum Gasteiger partial charge on any atom is 0.180 e. The van der Waals surface area contributed by atoms with Crippen LogP contribution in [0.3, 0.4) is 0 Å². The highest BCUT2D eigenvalue weighted by atomic mass is 127. The molecule has 0 spiro atoms. The number of methoxy groups -OCH3 is 1. The Labute approximate surface area is 84.3 Å². The standard InChI is InChI=1S/C8H9FINO/c1-11-6-4-3-5(10)7(9)8(6)12-2/h3-4,11H,1-2H3. The maximum atomic E-state index is 13.3. The second-order valence-corrected chi connectivity index (χ2v) is 3.35. The van der Waals surface area contributed by atoms with Crippen molar-refractivity contribution in [3.8, 4) is 5.75 Å². The Hall–Kier alpha value is -0.520. The number of nitrogens with one attached hydrogen (secondary N) is 1. The van der Waals surface area contributed by atoms with Crippen LogP contribution in [0.4, 0.5) is 10.1 Å². The van der Waals surface area contributed by atoms with Gasteiger partial charge < -0.3 is 10.1 Å². The van der Waals surface area contributed by atoms with Crippen molar-refractivity contribution in [1.29, 1.82) is 0 Å². The Kier molecular flexibility index (Phi) is 3.13. The van der Waals surface area contributed by atoms with Crippen molar-refractivity contribution in [3.63, 3.8) is 0 Å². The fraction of sp³-hybridized carbons (Fsp3) is 0.250. The third kappa shape index (κ3) is 1.63. The molecule has 12 heavy (non-hydrogen) atoms. The van der Waals surface area contributed by atoms with Crippen LogP contribution < -0.4 is 10.1 Å². The molecule has 1 N–H and O–H groups in total. The molecule has 1 aromatic carbocycles. The molecule has 0 saturated carbocycles. The van der Waals surface area contributed by atoms with Gasteiger partial charge in [0.1, 0.15) is 0 Å². The first-order chi connectivity index (χ1) is 5.70. The molecular formula is C8H9FINO. The number of rotatable bonds is 2. The number of anilines is 1. The lowest BCUT2D eigenvalue weighted by molar-refractivity contribution is 0.387. The minimum absolute atomic E-state index is 0.268. The lowest BCUT2D eigenvalue weighted by Gasteiger charge is -2.09. The molecule has 4 heteroatoms. The fourth-order valence-corrected chi connectivity index (χ4v) is 1.35. The van der Waals surface area contributed by atoms with Crippen LogP contribution in [0.5, 0.6) is 5.75 Å². The summed E-state index contributed by atoms with van der Waals surface area (Å²) in [6.45, 7) is 0. The average Bonchev–Trinajstić information content (AvgIpc) is 2.09. The summed E-state index contributed by atoms with van der Waals surface area (Å²) >= 11 is 1.92. The van der Waals surface area contributed by atoms with Gasteiger partial charge in [-0.05, 0) is 34.7 Å². The van der Waals surface area contributed by atoms with E-state index < -0.39 is 0 Å².